The van der Waals surface area contributed by atoms with Crippen LogP contribution in [0.25, 0.3) is 0 Å². The number of carbonyl (C=O) groups is 1. The second kappa shape index (κ2) is 7.08. The lowest BCUT2D eigenvalue weighted by molar-refractivity contribution is -0.135. The van der Waals surface area contributed by atoms with Gasteiger partial charge in [0.15, 0.2) is 11.5 Å². The van der Waals surface area contributed by atoms with Gasteiger partial charge in [0.1, 0.15) is 0 Å². The average molecular weight is 360 g/mol. The Hall–Kier alpha value is -1.79. The maximum absolute atomic E-state index is 12.6. The van der Waals surface area contributed by atoms with Gasteiger partial charge in [-0.05, 0) is 49.3 Å². The van der Waals surface area contributed by atoms with Crippen LogP contribution in [0.15, 0.2) is 18.2 Å². The standard InChI is InChI=1S/C20H28N2O4/c1-15-3-2-8-22(12-15)19(23)13-21-9-6-20(24,7-10-21)16-4-5-17-18(11-16)26-14-25-17/h4-5,11,15,24H,2-3,6-10,12-14H2,1H3/t15-/m1/s1. The molecule has 1 atom stereocenters. The van der Waals surface area contributed by atoms with E-state index in [0.29, 0.717) is 31.1 Å². The molecular formula is C20H28N2O4. The quantitative estimate of drug-likeness (QED) is 0.893. The van der Waals surface area contributed by atoms with Crippen LogP contribution >= 0.6 is 0 Å². The summed E-state index contributed by atoms with van der Waals surface area (Å²) >= 11 is 0. The van der Waals surface area contributed by atoms with E-state index in [1.165, 1.54) is 6.42 Å². The van der Waals surface area contributed by atoms with Gasteiger partial charge < -0.3 is 19.5 Å². The van der Waals surface area contributed by atoms with Crippen molar-refractivity contribution >= 4 is 5.91 Å². The number of carbonyl (C=O) groups excluding carboxylic acids is 1. The number of aliphatic hydroxyl groups is 1. The van der Waals surface area contributed by atoms with Crippen LogP contribution in [0.5, 0.6) is 11.5 Å². The predicted octanol–water partition coefficient (Wildman–Crippen LogP) is 1.96. The zero-order valence-corrected chi connectivity index (χ0v) is 15.4. The Balaban J connectivity index is 1.34. The Bertz CT molecular complexity index is 670. The Kier molecular flexibility index (Phi) is 4.80. The van der Waals surface area contributed by atoms with E-state index in [4.69, 9.17) is 9.47 Å². The summed E-state index contributed by atoms with van der Waals surface area (Å²) in [4.78, 5) is 16.7. The fraction of sp³-hybridized carbons (Fsp3) is 0.650. The normalized spacial score (nSPS) is 25.3. The number of ether oxygens (including phenoxy) is 2. The van der Waals surface area contributed by atoms with Crippen LogP contribution in [0.3, 0.4) is 0 Å². The highest BCUT2D eigenvalue weighted by Crippen LogP contribution is 2.39. The molecule has 3 aliphatic heterocycles. The fourth-order valence-corrected chi connectivity index (χ4v) is 4.26. The topological polar surface area (TPSA) is 62.2 Å². The van der Waals surface area contributed by atoms with Crippen LogP contribution in [0, 0.1) is 5.92 Å². The highest BCUT2D eigenvalue weighted by Gasteiger charge is 2.36. The lowest BCUT2D eigenvalue weighted by Crippen LogP contribution is -2.48. The maximum Gasteiger partial charge on any atom is 0.236 e. The van der Waals surface area contributed by atoms with Gasteiger partial charge in [-0.25, -0.2) is 0 Å². The molecule has 1 aromatic rings. The molecule has 0 saturated carbocycles. The van der Waals surface area contributed by atoms with Gasteiger partial charge >= 0.3 is 0 Å². The summed E-state index contributed by atoms with van der Waals surface area (Å²) < 4.78 is 10.8. The molecule has 1 aromatic carbocycles. The van der Waals surface area contributed by atoms with E-state index in [2.05, 4.69) is 11.8 Å². The van der Waals surface area contributed by atoms with Crippen molar-refractivity contribution in [3.05, 3.63) is 23.8 Å². The number of hydrogen-bond donors (Lipinski definition) is 1. The zero-order chi connectivity index (χ0) is 18.1. The van der Waals surface area contributed by atoms with Gasteiger partial charge in [0.2, 0.25) is 12.7 Å². The first-order valence-electron chi connectivity index (χ1n) is 9.66. The van der Waals surface area contributed by atoms with Crippen molar-refractivity contribution in [3.63, 3.8) is 0 Å². The van der Waals surface area contributed by atoms with E-state index in [-0.39, 0.29) is 12.7 Å². The molecule has 1 amide bonds. The highest BCUT2D eigenvalue weighted by molar-refractivity contribution is 5.78. The van der Waals surface area contributed by atoms with Crippen molar-refractivity contribution < 1.29 is 19.4 Å². The Morgan fingerprint density at radius 3 is 2.77 bits per heavy atom. The van der Waals surface area contributed by atoms with E-state index >= 15 is 0 Å². The predicted molar refractivity (Wildman–Crippen MR) is 97.1 cm³/mol. The van der Waals surface area contributed by atoms with Crippen molar-refractivity contribution in [2.24, 2.45) is 5.92 Å². The number of likely N-dealkylation sites (tertiary alicyclic amines) is 2. The van der Waals surface area contributed by atoms with E-state index in [1.807, 2.05) is 23.1 Å². The molecule has 0 radical (unpaired) electrons. The number of rotatable bonds is 3. The monoisotopic (exact) mass is 360 g/mol. The molecule has 4 rings (SSSR count). The van der Waals surface area contributed by atoms with E-state index in [1.54, 1.807) is 0 Å². The van der Waals surface area contributed by atoms with E-state index in [0.717, 1.165) is 43.9 Å². The van der Waals surface area contributed by atoms with Gasteiger partial charge in [-0.15, -0.1) is 0 Å². The van der Waals surface area contributed by atoms with Crippen molar-refractivity contribution in [2.45, 2.75) is 38.2 Å². The Morgan fingerprint density at radius 1 is 1.23 bits per heavy atom. The number of benzene rings is 1. The molecule has 2 fully saturated rings. The molecule has 142 valence electrons. The minimum absolute atomic E-state index is 0.227. The number of hydrogen-bond acceptors (Lipinski definition) is 5. The van der Waals surface area contributed by atoms with Gasteiger partial charge in [0.25, 0.3) is 0 Å². The molecule has 3 aliphatic rings. The van der Waals surface area contributed by atoms with Gasteiger partial charge in [0.05, 0.1) is 12.1 Å². The van der Waals surface area contributed by atoms with Crippen molar-refractivity contribution in [2.75, 3.05) is 39.5 Å². The molecule has 0 bridgehead atoms. The molecule has 6 heteroatoms. The van der Waals surface area contributed by atoms with Crippen LogP contribution < -0.4 is 9.47 Å². The Morgan fingerprint density at radius 2 is 2.00 bits per heavy atom. The summed E-state index contributed by atoms with van der Waals surface area (Å²) in [5.74, 6) is 2.26. The molecule has 1 N–H and O–H groups in total. The lowest BCUT2D eigenvalue weighted by atomic mass is 9.84. The van der Waals surface area contributed by atoms with Crippen LogP contribution in [0.1, 0.15) is 38.2 Å². The minimum atomic E-state index is -0.861. The molecule has 0 spiro atoms. The van der Waals surface area contributed by atoms with Gasteiger partial charge in [-0.1, -0.05) is 13.0 Å². The van der Waals surface area contributed by atoms with Crippen LogP contribution in [-0.2, 0) is 10.4 Å². The average Bonchev–Trinajstić information content (AvgIpc) is 3.11. The third kappa shape index (κ3) is 3.53. The summed E-state index contributed by atoms with van der Waals surface area (Å²) in [6.45, 7) is 6.13. The SMILES string of the molecule is C[C@@H]1CCCN(C(=O)CN2CCC(O)(c3ccc4c(c3)OCO4)CC2)C1. The molecular weight excluding hydrogens is 332 g/mol. The van der Waals surface area contributed by atoms with Crippen molar-refractivity contribution in [1.29, 1.82) is 0 Å². The lowest BCUT2D eigenvalue weighted by Gasteiger charge is -2.39. The van der Waals surface area contributed by atoms with Crippen molar-refractivity contribution in [1.82, 2.24) is 9.80 Å². The van der Waals surface area contributed by atoms with E-state index < -0.39 is 5.60 Å². The summed E-state index contributed by atoms with van der Waals surface area (Å²) in [7, 11) is 0. The van der Waals surface area contributed by atoms with Gasteiger partial charge in [-0.3, -0.25) is 9.69 Å². The number of amides is 1. The highest BCUT2D eigenvalue weighted by atomic mass is 16.7. The van der Waals surface area contributed by atoms with Crippen LogP contribution in [0.2, 0.25) is 0 Å². The number of piperidine rings is 2. The fourth-order valence-electron chi connectivity index (χ4n) is 4.26. The Labute approximate surface area is 154 Å². The molecule has 0 aromatic heterocycles. The largest absolute Gasteiger partial charge is 0.454 e. The number of fused-ring (bicyclic) bond motifs is 1. The van der Waals surface area contributed by atoms with Crippen LogP contribution in [0.4, 0.5) is 0 Å². The second-order valence-corrected chi connectivity index (χ2v) is 7.96. The smallest absolute Gasteiger partial charge is 0.236 e. The first-order valence-corrected chi connectivity index (χ1v) is 9.66. The van der Waals surface area contributed by atoms with Crippen molar-refractivity contribution in [3.8, 4) is 11.5 Å². The summed E-state index contributed by atoms with van der Waals surface area (Å²) in [6.07, 6.45) is 3.57. The molecule has 26 heavy (non-hydrogen) atoms. The summed E-state index contributed by atoms with van der Waals surface area (Å²) in [5.41, 5.74) is 0.0118. The molecule has 2 saturated heterocycles. The third-order valence-electron chi connectivity index (χ3n) is 5.96. The molecule has 0 unspecified atom stereocenters. The van der Waals surface area contributed by atoms with Gasteiger partial charge in [0, 0.05) is 26.2 Å². The summed E-state index contributed by atoms with van der Waals surface area (Å²) in [5, 5.41) is 11.1. The maximum atomic E-state index is 12.6. The summed E-state index contributed by atoms with van der Waals surface area (Å²) in [6, 6.07) is 5.67. The first kappa shape index (κ1) is 17.6. The molecule has 3 heterocycles. The van der Waals surface area contributed by atoms with E-state index in [9.17, 15) is 9.90 Å². The minimum Gasteiger partial charge on any atom is -0.454 e. The molecule has 6 nitrogen and oxygen atoms in total. The number of nitrogens with zero attached hydrogens (tertiary/aromatic N) is 2. The third-order valence-corrected chi connectivity index (χ3v) is 5.96. The van der Waals surface area contributed by atoms with Crippen LogP contribution in [-0.4, -0.2) is 60.3 Å². The first-order chi connectivity index (χ1) is 12.5. The van der Waals surface area contributed by atoms with Gasteiger partial charge in [-0.2, -0.15) is 0 Å². The zero-order valence-electron chi connectivity index (χ0n) is 15.4. The molecule has 0 aliphatic carbocycles. The second-order valence-electron chi connectivity index (χ2n) is 7.96.